The maximum Gasteiger partial charge on any atom is 0.290 e. The Hall–Kier alpha value is -4.76. The Morgan fingerprint density at radius 2 is 1.72 bits per heavy atom. The summed E-state index contributed by atoms with van der Waals surface area (Å²) in [5, 5.41) is 22.8. The van der Waals surface area contributed by atoms with Crippen LogP contribution in [0.3, 0.4) is 0 Å². The van der Waals surface area contributed by atoms with E-state index >= 15 is 4.39 Å². The Labute approximate surface area is 309 Å². The van der Waals surface area contributed by atoms with Crippen molar-refractivity contribution in [2.24, 2.45) is 7.05 Å². The highest BCUT2D eigenvalue weighted by Crippen LogP contribution is 2.37. The average Bonchev–Trinajstić information content (AvgIpc) is 3.08. The second kappa shape index (κ2) is 15.3. The number of aryl methyl sites for hydroxylation is 1. The first kappa shape index (κ1) is 39.4. The van der Waals surface area contributed by atoms with E-state index in [4.69, 9.17) is 13.9 Å². The van der Waals surface area contributed by atoms with E-state index in [9.17, 15) is 14.7 Å². The Balaban J connectivity index is 1.42. The molecule has 1 atom stereocenters. The highest BCUT2D eigenvalue weighted by molar-refractivity contribution is 6.74. The number of nitrogens with one attached hydrogen (secondary N) is 1. The molecule has 0 aliphatic heterocycles. The molecule has 2 aromatic carbocycles. The quantitative estimate of drug-likeness (QED) is 0.134. The smallest absolute Gasteiger partial charge is 0.290 e. The molecule has 53 heavy (non-hydrogen) atoms. The summed E-state index contributed by atoms with van der Waals surface area (Å²) in [6.45, 7) is 17.0. The van der Waals surface area contributed by atoms with E-state index in [1.54, 1.807) is 55.8 Å². The van der Waals surface area contributed by atoms with E-state index in [0.717, 1.165) is 10.2 Å². The lowest BCUT2D eigenvalue weighted by molar-refractivity contribution is 0.0397. The van der Waals surface area contributed by atoms with Crippen LogP contribution in [0.25, 0.3) is 27.7 Å². The summed E-state index contributed by atoms with van der Waals surface area (Å²) in [7, 11) is 1.09. The molecule has 3 aromatic heterocycles. The van der Waals surface area contributed by atoms with Gasteiger partial charge in [-0.2, -0.15) is 14.9 Å². The second-order valence-electron chi connectivity index (χ2n) is 15.6. The number of ether oxygens (including phenoxy) is 2. The SMILES string of the molecule is COC[C@@H](COc1ccc(Nc2cc(-c3cccc(-n4ncc5cc(C(C)(C)C)cc(F)c5c4=O)c3CO)nn(C)c2=O)nc1)O[Si](C)(C)C(C)(C)C. The number of benzene rings is 2. The van der Waals surface area contributed by atoms with E-state index in [2.05, 4.69) is 54.4 Å². The number of aliphatic hydroxyl groups is 1. The molecular formula is C39H49FN6O6Si. The van der Waals surface area contributed by atoms with Gasteiger partial charge in [0.2, 0.25) is 0 Å². The standard InChI is InChI=1S/C39H49FN6O6Si/c1-38(2,3)25-16-24-19-42-46(37(49)35(24)30(40)17-25)33-13-11-12-28(29(33)21-47)31-18-32(36(48)45(7)44-31)43-34-15-14-26(20-41-34)51-23-27(22-50-8)52-53(9,10)39(4,5)6/h11-20,27,47H,21-23H2,1-10H3,(H,41,43)/t27-/m0/s1. The monoisotopic (exact) mass is 744 g/mol. The van der Waals surface area contributed by atoms with Crippen LogP contribution in [0.15, 0.2) is 70.5 Å². The number of hydrogen-bond donors (Lipinski definition) is 2. The predicted octanol–water partition coefficient (Wildman–Crippen LogP) is 6.63. The van der Waals surface area contributed by atoms with Gasteiger partial charge in [0.25, 0.3) is 11.1 Å². The summed E-state index contributed by atoms with van der Waals surface area (Å²) >= 11 is 0. The minimum Gasteiger partial charge on any atom is -0.489 e. The third kappa shape index (κ3) is 8.56. The molecule has 0 bridgehead atoms. The van der Waals surface area contributed by atoms with Crippen molar-refractivity contribution < 1.29 is 23.4 Å². The van der Waals surface area contributed by atoms with Gasteiger partial charge in [-0.15, -0.1) is 0 Å². The molecule has 0 aliphatic rings. The van der Waals surface area contributed by atoms with Crippen LogP contribution in [0.1, 0.15) is 52.7 Å². The van der Waals surface area contributed by atoms with Gasteiger partial charge in [0, 0.05) is 30.7 Å². The molecule has 0 unspecified atom stereocenters. The number of anilines is 2. The van der Waals surface area contributed by atoms with Crippen LogP contribution in [-0.2, 0) is 28.2 Å². The van der Waals surface area contributed by atoms with Crippen molar-refractivity contribution in [1.82, 2.24) is 24.5 Å². The predicted molar refractivity (Wildman–Crippen MR) is 207 cm³/mol. The summed E-state index contributed by atoms with van der Waals surface area (Å²) in [5.74, 6) is 0.261. The first-order valence-corrected chi connectivity index (χ1v) is 20.3. The molecule has 3 heterocycles. The number of methoxy groups -OCH3 is 1. The molecule has 12 nitrogen and oxygen atoms in total. The first-order chi connectivity index (χ1) is 24.8. The third-order valence-electron chi connectivity index (χ3n) is 9.64. The van der Waals surface area contributed by atoms with E-state index in [-0.39, 0.29) is 39.9 Å². The van der Waals surface area contributed by atoms with E-state index in [0.29, 0.717) is 40.4 Å². The Bertz CT molecular complexity index is 2220. The van der Waals surface area contributed by atoms with Gasteiger partial charge in [-0.1, -0.05) is 53.7 Å². The summed E-state index contributed by atoms with van der Waals surface area (Å²) < 4.78 is 35.6. The fourth-order valence-corrected chi connectivity index (χ4v) is 6.93. The Morgan fingerprint density at radius 1 is 0.981 bits per heavy atom. The van der Waals surface area contributed by atoms with Gasteiger partial charge < -0.3 is 24.3 Å². The molecule has 5 aromatic rings. The zero-order valence-corrected chi connectivity index (χ0v) is 33.1. The molecule has 5 rings (SSSR count). The molecular weight excluding hydrogens is 696 g/mol. The van der Waals surface area contributed by atoms with Crippen molar-refractivity contribution in [3.05, 3.63) is 98.6 Å². The van der Waals surface area contributed by atoms with Crippen LogP contribution in [0.4, 0.5) is 15.9 Å². The zero-order chi connectivity index (χ0) is 38.9. The number of pyridine rings is 1. The van der Waals surface area contributed by atoms with Crippen molar-refractivity contribution in [2.45, 2.75) is 77.8 Å². The van der Waals surface area contributed by atoms with E-state index < -0.39 is 31.9 Å². The van der Waals surface area contributed by atoms with Crippen LogP contribution >= 0.6 is 0 Å². The van der Waals surface area contributed by atoms with Gasteiger partial charge in [0.05, 0.1) is 42.4 Å². The fraction of sp³-hybridized carbons (Fsp3) is 0.410. The Kier molecular flexibility index (Phi) is 11.4. The molecule has 0 amide bonds. The van der Waals surface area contributed by atoms with Gasteiger partial charge in [-0.25, -0.2) is 14.1 Å². The third-order valence-corrected chi connectivity index (χ3v) is 14.2. The van der Waals surface area contributed by atoms with Crippen molar-refractivity contribution in [2.75, 3.05) is 25.6 Å². The van der Waals surface area contributed by atoms with Crippen LogP contribution in [0, 0.1) is 5.82 Å². The number of rotatable bonds is 12. The maximum atomic E-state index is 15.4. The molecule has 0 radical (unpaired) electrons. The molecule has 2 N–H and O–H groups in total. The summed E-state index contributed by atoms with van der Waals surface area (Å²) in [4.78, 5) is 31.3. The highest BCUT2D eigenvalue weighted by atomic mass is 28.4. The molecule has 0 aliphatic carbocycles. The lowest BCUT2D eigenvalue weighted by Crippen LogP contribution is -2.46. The summed E-state index contributed by atoms with van der Waals surface area (Å²) in [5.41, 5.74) is 0.844. The second-order valence-corrected chi connectivity index (χ2v) is 20.4. The van der Waals surface area contributed by atoms with Crippen molar-refractivity contribution >= 4 is 30.6 Å². The summed E-state index contributed by atoms with van der Waals surface area (Å²) in [6.07, 6.45) is 2.75. The first-order valence-electron chi connectivity index (χ1n) is 17.4. The number of fused-ring (bicyclic) bond motifs is 1. The average molecular weight is 745 g/mol. The van der Waals surface area contributed by atoms with Crippen LogP contribution in [0.5, 0.6) is 5.75 Å². The zero-order valence-electron chi connectivity index (χ0n) is 32.1. The summed E-state index contributed by atoms with van der Waals surface area (Å²) in [6, 6.07) is 13.1. The minimum atomic E-state index is -2.05. The van der Waals surface area contributed by atoms with Crippen LogP contribution < -0.4 is 21.2 Å². The van der Waals surface area contributed by atoms with Crippen LogP contribution in [-0.4, -0.2) is 64.4 Å². The molecule has 282 valence electrons. The van der Waals surface area contributed by atoms with Gasteiger partial charge >= 0.3 is 0 Å². The number of aliphatic hydroxyl groups excluding tert-OH is 1. The van der Waals surface area contributed by atoms with Gasteiger partial charge in [-0.3, -0.25) is 9.59 Å². The lowest BCUT2D eigenvalue weighted by atomic mass is 9.86. The fourth-order valence-electron chi connectivity index (χ4n) is 5.61. The van der Waals surface area contributed by atoms with Gasteiger partial charge in [-0.05, 0) is 65.5 Å². The van der Waals surface area contributed by atoms with Crippen molar-refractivity contribution in [1.29, 1.82) is 0 Å². The lowest BCUT2D eigenvalue weighted by Gasteiger charge is -2.39. The van der Waals surface area contributed by atoms with Crippen molar-refractivity contribution in [3.8, 4) is 22.7 Å². The van der Waals surface area contributed by atoms with E-state index in [1.807, 2.05) is 20.8 Å². The number of halogens is 1. The Morgan fingerprint density at radius 3 is 2.34 bits per heavy atom. The molecule has 14 heteroatoms. The van der Waals surface area contributed by atoms with Gasteiger partial charge in [0.15, 0.2) is 8.32 Å². The van der Waals surface area contributed by atoms with Crippen LogP contribution in [0.2, 0.25) is 18.1 Å². The molecule has 0 spiro atoms. The maximum absolute atomic E-state index is 15.4. The van der Waals surface area contributed by atoms with E-state index in [1.165, 1.54) is 24.0 Å². The number of nitrogens with zero attached hydrogens (tertiary/aromatic N) is 5. The molecule has 0 saturated heterocycles. The molecule has 0 saturated carbocycles. The number of aromatic nitrogens is 5. The molecule has 0 fully saturated rings. The normalized spacial score (nSPS) is 13.0. The van der Waals surface area contributed by atoms with Crippen molar-refractivity contribution in [3.63, 3.8) is 0 Å². The largest absolute Gasteiger partial charge is 0.489 e. The topological polar surface area (TPSA) is 143 Å². The van der Waals surface area contributed by atoms with Gasteiger partial charge in [0.1, 0.15) is 35.8 Å². The number of hydrogen-bond acceptors (Lipinski definition) is 10. The minimum absolute atomic E-state index is 0.0335. The highest BCUT2D eigenvalue weighted by Gasteiger charge is 2.39.